The molecule has 11 rings (SSSR count). The van der Waals surface area contributed by atoms with Crippen LogP contribution in [0, 0.1) is 0 Å². The smallest absolute Gasteiger partial charge is 0.164 e. The highest BCUT2D eigenvalue weighted by atomic mass is 15.0. The fraction of sp³-hybridized carbons (Fsp3) is 0. The van der Waals surface area contributed by atoms with Crippen molar-refractivity contribution in [3.8, 4) is 67.5 Å². The number of fused-ring (bicyclic) bond motifs is 4. The van der Waals surface area contributed by atoms with Gasteiger partial charge in [-0.05, 0) is 82.5 Å². The highest BCUT2D eigenvalue weighted by Gasteiger charge is 2.20. The Kier molecular flexibility index (Phi) is 8.15. The minimum absolute atomic E-state index is 0.629. The molecule has 1 aromatic heterocycles. The molecule has 0 aliphatic heterocycles. The summed E-state index contributed by atoms with van der Waals surface area (Å²) in [4.78, 5) is 15.7. The average Bonchev–Trinajstić information content (AvgIpc) is 3.30. The molecular weight excluding hydrogens is 703 g/mol. The zero-order valence-electron chi connectivity index (χ0n) is 31.5. The van der Waals surface area contributed by atoms with Gasteiger partial charge in [-0.1, -0.05) is 206 Å². The van der Waals surface area contributed by atoms with Crippen LogP contribution < -0.4 is 0 Å². The van der Waals surface area contributed by atoms with Gasteiger partial charge in [-0.2, -0.15) is 0 Å². The Morgan fingerprint density at radius 3 is 1.19 bits per heavy atom. The van der Waals surface area contributed by atoms with Crippen molar-refractivity contribution in [2.24, 2.45) is 0 Å². The Balaban J connectivity index is 1.14. The lowest BCUT2D eigenvalue weighted by molar-refractivity contribution is 1.08. The van der Waals surface area contributed by atoms with Crippen LogP contribution in [-0.2, 0) is 0 Å². The summed E-state index contributed by atoms with van der Waals surface area (Å²) in [6.45, 7) is 0. The lowest BCUT2D eigenvalue weighted by Gasteiger charge is -2.20. The maximum atomic E-state index is 5.26. The van der Waals surface area contributed by atoms with E-state index in [1.54, 1.807) is 0 Å². The molecule has 270 valence electrons. The van der Waals surface area contributed by atoms with Crippen LogP contribution in [0.15, 0.2) is 212 Å². The third kappa shape index (κ3) is 5.72. The molecule has 0 bridgehead atoms. The molecule has 1 heterocycles. The summed E-state index contributed by atoms with van der Waals surface area (Å²) in [5.74, 6) is 1.92. The van der Waals surface area contributed by atoms with E-state index in [9.17, 15) is 0 Å². The van der Waals surface area contributed by atoms with Gasteiger partial charge in [-0.25, -0.2) is 15.0 Å². The van der Waals surface area contributed by atoms with E-state index >= 15 is 0 Å². The Labute approximate surface area is 336 Å². The first-order valence-corrected chi connectivity index (χ1v) is 19.7. The molecule has 11 aromatic rings. The quantitative estimate of drug-likeness (QED) is 0.160. The molecule has 0 unspecified atom stereocenters. The highest BCUT2D eigenvalue weighted by Crippen LogP contribution is 2.46. The van der Waals surface area contributed by atoms with Crippen molar-refractivity contribution in [1.82, 2.24) is 15.0 Å². The molecule has 3 nitrogen and oxygen atoms in total. The lowest BCUT2D eigenvalue weighted by Crippen LogP contribution is -2.01. The van der Waals surface area contributed by atoms with E-state index in [1.165, 1.54) is 49.4 Å². The number of nitrogens with zero attached hydrogens (tertiary/aromatic N) is 3. The summed E-state index contributed by atoms with van der Waals surface area (Å²) in [5, 5.41) is 9.30. The summed E-state index contributed by atoms with van der Waals surface area (Å²) >= 11 is 0. The third-order valence-electron chi connectivity index (χ3n) is 11.3. The van der Waals surface area contributed by atoms with Crippen molar-refractivity contribution in [3.63, 3.8) is 0 Å². The number of rotatable bonds is 6. The minimum Gasteiger partial charge on any atom is -0.208 e. The standard InChI is InChI=1S/C55H35N3/c1-2-17-36(18-3-1)41-25-8-9-28-44(41)52-47-31-12-10-29-45(47)51(46-30-11-13-32-48(46)52)39-23-14-24-40(35-39)53-56-54(49-33-15-21-37-19-4-6-26-42(37)49)58-55(57-53)50-34-16-22-38-20-5-7-27-43(38)50/h1-35H. The molecule has 0 saturated carbocycles. The Morgan fingerprint density at radius 2 is 0.603 bits per heavy atom. The van der Waals surface area contributed by atoms with E-state index < -0.39 is 0 Å². The molecule has 0 N–H and O–H groups in total. The average molecular weight is 738 g/mol. The molecule has 0 saturated heterocycles. The van der Waals surface area contributed by atoms with E-state index in [0.717, 1.165) is 43.8 Å². The van der Waals surface area contributed by atoms with Gasteiger partial charge in [-0.3, -0.25) is 0 Å². The van der Waals surface area contributed by atoms with Gasteiger partial charge in [0.25, 0.3) is 0 Å². The Bertz CT molecular complexity index is 3180. The zero-order valence-corrected chi connectivity index (χ0v) is 31.5. The third-order valence-corrected chi connectivity index (χ3v) is 11.3. The van der Waals surface area contributed by atoms with Crippen LogP contribution in [0.1, 0.15) is 0 Å². The van der Waals surface area contributed by atoms with Gasteiger partial charge in [0, 0.05) is 16.7 Å². The first kappa shape index (κ1) is 33.6. The molecule has 0 spiro atoms. The molecule has 0 aliphatic rings. The van der Waals surface area contributed by atoms with Gasteiger partial charge >= 0.3 is 0 Å². The van der Waals surface area contributed by atoms with Crippen LogP contribution >= 0.6 is 0 Å². The van der Waals surface area contributed by atoms with E-state index in [2.05, 4.69) is 212 Å². The summed E-state index contributed by atoms with van der Waals surface area (Å²) < 4.78 is 0. The second kappa shape index (κ2) is 14.1. The summed E-state index contributed by atoms with van der Waals surface area (Å²) in [6.07, 6.45) is 0. The Morgan fingerprint density at radius 1 is 0.224 bits per heavy atom. The van der Waals surface area contributed by atoms with Crippen molar-refractivity contribution in [2.45, 2.75) is 0 Å². The first-order valence-electron chi connectivity index (χ1n) is 19.7. The van der Waals surface area contributed by atoms with Crippen molar-refractivity contribution in [2.75, 3.05) is 0 Å². The van der Waals surface area contributed by atoms with E-state index in [0.29, 0.717) is 17.5 Å². The fourth-order valence-electron chi connectivity index (χ4n) is 8.70. The molecule has 10 aromatic carbocycles. The van der Waals surface area contributed by atoms with Gasteiger partial charge in [0.05, 0.1) is 0 Å². The van der Waals surface area contributed by atoms with Gasteiger partial charge in [0.15, 0.2) is 17.5 Å². The van der Waals surface area contributed by atoms with Crippen molar-refractivity contribution in [1.29, 1.82) is 0 Å². The Hall–Kier alpha value is -7.75. The predicted octanol–water partition coefficient (Wildman–Crippen LogP) is 14.5. The molecule has 0 fully saturated rings. The zero-order chi connectivity index (χ0) is 38.4. The molecule has 0 aliphatic carbocycles. The fourth-order valence-corrected chi connectivity index (χ4v) is 8.70. The van der Waals surface area contributed by atoms with Crippen LogP contribution in [0.25, 0.3) is 111 Å². The van der Waals surface area contributed by atoms with E-state index in [1.807, 2.05) is 0 Å². The number of benzene rings is 10. The molecule has 0 radical (unpaired) electrons. The lowest BCUT2D eigenvalue weighted by atomic mass is 9.83. The second-order valence-electron chi connectivity index (χ2n) is 14.7. The highest BCUT2D eigenvalue weighted by molar-refractivity contribution is 6.22. The monoisotopic (exact) mass is 737 g/mol. The molecule has 3 heteroatoms. The summed E-state index contributed by atoms with van der Waals surface area (Å²) in [6, 6.07) is 75.4. The van der Waals surface area contributed by atoms with Crippen LogP contribution in [0.4, 0.5) is 0 Å². The van der Waals surface area contributed by atoms with Gasteiger partial charge in [-0.15, -0.1) is 0 Å². The van der Waals surface area contributed by atoms with E-state index in [-0.39, 0.29) is 0 Å². The van der Waals surface area contributed by atoms with Gasteiger partial charge in [0.2, 0.25) is 0 Å². The van der Waals surface area contributed by atoms with Crippen LogP contribution in [-0.4, -0.2) is 15.0 Å². The van der Waals surface area contributed by atoms with Crippen molar-refractivity contribution in [3.05, 3.63) is 212 Å². The van der Waals surface area contributed by atoms with Crippen molar-refractivity contribution >= 4 is 43.1 Å². The normalized spacial score (nSPS) is 11.4. The molecule has 0 atom stereocenters. The SMILES string of the molecule is c1ccc(-c2ccccc2-c2c3ccccc3c(-c3cccc(-c4nc(-c5cccc6ccccc56)nc(-c5cccc6ccccc56)n4)c3)c3ccccc23)cc1. The van der Waals surface area contributed by atoms with Gasteiger partial charge in [0.1, 0.15) is 0 Å². The maximum Gasteiger partial charge on any atom is 0.164 e. The van der Waals surface area contributed by atoms with Crippen LogP contribution in [0.5, 0.6) is 0 Å². The molecule has 0 amide bonds. The topological polar surface area (TPSA) is 38.7 Å². The van der Waals surface area contributed by atoms with Crippen molar-refractivity contribution < 1.29 is 0 Å². The maximum absolute atomic E-state index is 5.26. The molecular formula is C55H35N3. The minimum atomic E-state index is 0.629. The van der Waals surface area contributed by atoms with E-state index in [4.69, 9.17) is 15.0 Å². The summed E-state index contributed by atoms with van der Waals surface area (Å²) in [5.41, 5.74) is 10.0. The number of aromatic nitrogens is 3. The van der Waals surface area contributed by atoms with Crippen LogP contribution in [0.3, 0.4) is 0 Å². The second-order valence-corrected chi connectivity index (χ2v) is 14.7. The number of hydrogen-bond acceptors (Lipinski definition) is 3. The first-order chi connectivity index (χ1) is 28.8. The summed E-state index contributed by atoms with van der Waals surface area (Å²) in [7, 11) is 0. The largest absolute Gasteiger partial charge is 0.208 e. The van der Waals surface area contributed by atoms with Crippen LogP contribution in [0.2, 0.25) is 0 Å². The molecule has 58 heavy (non-hydrogen) atoms. The predicted molar refractivity (Wildman–Crippen MR) is 242 cm³/mol. The van der Waals surface area contributed by atoms with Gasteiger partial charge < -0.3 is 0 Å². The number of hydrogen-bond donors (Lipinski definition) is 0.